The van der Waals surface area contributed by atoms with E-state index in [0.29, 0.717) is 16.3 Å². The fourth-order valence-electron chi connectivity index (χ4n) is 3.13. The molecule has 0 spiro atoms. The number of aromatic nitrogens is 2. The first-order chi connectivity index (χ1) is 13.2. The van der Waals surface area contributed by atoms with Gasteiger partial charge in [-0.05, 0) is 5.56 Å². The summed E-state index contributed by atoms with van der Waals surface area (Å²) in [5, 5.41) is 30.8. The summed E-state index contributed by atoms with van der Waals surface area (Å²) in [7, 11) is 0. The number of aromatic amines is 1. The summed E-state index contributed by atoms with van der Waals surface area (Å²) in [5.41, 5.74) is -1.67. The van der Waals surface area contributed by atoms with E-state index in [2.05, 4.69) is 0 Å². The fraction of sp³-hybridized carbons (Fsp3) is 0.389. The van der Waals surface area contributed by atoms with Crippen LogP contribution in [0.1, 0.15) is 24.6 Å². The standard InChI is InChI=1S/C18H19FN2O7/c1-8(9-5-3-2-4-6-9)11(22)12(23)15-13(24)14(25)17(28-15)21-7-10(19)16(26)20-18(21)27/h2-8,11,13-15,17,22,24-25H,1H3,(H,20,26,27)/t8?,11?,13-,14+,15+,17+/m0/s1. The highest BCUT2D eigenvalue weighted by Gasteiger charge is 2.49. The van der Waals surface area contributed by atoms with E-state index in [9.17, 15) is 34.1 Å². The van der Waals surface area contributed by atoms with Gasteiger partial charge >= 0.3 is 5.69 Å². The molecule has 0 radical (unpaired) electrons. The summed E-state index contributed by atoms with van der Waals surface area (Å²) in [6.07, 6.45) is -7.85. The number of hydrogen-bond donors (Lipinski definition) is 4. The number of ketones is 1. The molecule has 0 amide bonds. The number of carbonyl (C=O) groups excluding carboxylic acids is 1. The Labute approximate surface area is 157 Å². The van der Waals surface area contributed by atoms with E-state index in [1.165, 1.54) is 0 Å². The summed E-state index contributed by atoms with van der Waals surface area (Å²) < 4.78 is 19.3. The van der Waals surface area contributed by atoms with Crippen molar-refractivity contribution < 1.29 is 29.2 Å². The molecule has 1 aromatic heterocycles. The molecule has 6 atom stereocenters. The van der Waals surface area contributed by atoms with Crippen LogP contribution in [0.3, 0.4) is 0 Å². The first-order valence-electron chi connectivity index (χ1n) is 8.51. The monoisotopic (exact) mass is 394 g/mol. The molecule has 0 aliphatic carbocycles. The van der Waals surface area contributed by atoms with Crippen molar-refractivity contribution in [1.29, 1.82) is 0 Å². The highest BCUT2D eigenvalue weighted by atomic mass is 19.1. The third-order valence-corrected chi connectivity index (χ3v) is 4.81. The molecule has 1 aromatic carbocycles. The van der Waals surface area contributed by atoms with Gasteiger partial charge < -0.3 is 20.1 Å². The summed E-state index contributed by atoms with van der Waals surface area (Å²) in [6.45, 7) is 1.61. The van der Waals surface area contributed by atoms with Gasteiger partial charge in [0.2, 0.25) is 5.82 Å². The Hall–Kier alpha value is -2.66. The number of nitrogens with one attached hydrogen (secondary N) is 1. The van der Waals surface area contributed by atoms with Gasteiger partial charge in [0.25, 0.3) is 5.56 Å². The van der Waals surface area contributed by atoms with Crippen LogP contribution in [0.4, 0.5) is 4.39 Å². The fourth-order valence-corrected chi connectivity index (χ4v) is 3.13. The zero-order valence-electron chi connectivity index (χ0n) is 14.7. The van der Waals surface area contributed by atoms with E-state index < -0.39 is 59.4 Å². The quantitative estimate of drug-likeness (QED) is 0.511. The predicted molar refractivity (Wildman–Crippen MR) is 93.1 cm³/mol. The number of aliphatic hydroxyl groups excluding tert-OH is 3. The molecule has 28 heavy (non-hydrogen) atoms. The smallest absolute Gasteiger partial charge is 0.330 e. The van der Waals surface area contributed by atoms with E-state index >= 15 is 0 Å². The molecule has 9 nitrogen and oxygen atoms in total. The molecule has 10 heteroatoms. The second-order valence-electron chi connectivity index (χ2n) is 6.62. The van der Waals surface area contributed by atoms with Crippen LogP contribution in [-0.2, 0) is 9.53 Å². The van der Waals surface area contributed by atoms with Gasteiger partial charge in [0.05, 0.1) is 6.20 Å². The number of ether oxygens (including phenoxy) is 1. The average molecular weight is 394 g/mol. The summed E-state index contributed by atoms with van der Waals surface area (Å²) in [6, 6.07) is 8.68. The lowest BCUT2D eigenvalue weighted by atomic mass is 9.90. The molecule has 2 unspecified atom stereocenters. The largest absolute Gasteiger partial charge is 0.387 e. The number of halogens is 1. The summed E-state index contributed by atoms with van der Waals surface area (Å²) in [5.74, 6) is -2.84. The zero-order valence-corrected chi connectivity index (χ0v) is 14.7. The minimum atomic E-state index is -1.77. The molecular formula is C18H19FN2O7. The lowest BCUT2D eigenvalue weighted by Crippen LogP contribution is -2.43. The number of rotatable bonds is 5. The van der Waals surface area contributed by atoms with Gasteiger partial charge in [-0.1, -0.05) is 37.3 Å². The normalized spacial score (nSPS) is 26.8. The van der Waals surface area contributed by atoms with Crippen molar-refractivity contribution in [3.8, 4) is 0 Å². The molecule has 2 heterocycles. The van der Waals surface area contributed by atoms with Crippen LogP contribution in [0.25, 0.3) is 0 Å². The maximum Gasteiger partial charge on any atom is 0.330 e. The molecule has 4 N–H and O–H groups in total. The maximum absolute atomic E-state index is 13.5. The highest BCUT2D eigenvalue weighted by Crippen LogP contribution is 2.31. The van der Waals surface area contributed by atoms with Crippen LogP contribution in [-0.4, -0.2) is 55.1 Å². The Morgan fingerprint density at radius 3 is 2.50 bits per heavy atom. The Morgan fingerprint density at radius 2 is 1.86 bits per heavy atom. The predicted octanol–water partition coefficient (Wildman–Crippen LogP) is -0.971. The van der Waals surface area contributed by atoms with Crippen LogP contribution in [0.2, 0.25) is 0 Å². The first-order valence-corrected chi connectivity index (χ1v) is 8.51. The molecule has 0 bridgehead atoms. The number of Topliss-reactive ketones (excluding diaryl/α,β-unsaturated/α-hetero) is 1. The van der Waals surface area contributed by atoms with Crippen LogP contribution in [0.15, 0.2) is 46.1 Å². The molecule has 3 rings (SSSR count). The third-order valence-electron chi connectivity index (χ3n) is 4.81. The maximum atomic E-state index is 13.5. The zero-order chi connectivity index (χ0) is 20.6. The molecule has 1 fully saturated rings. The van der Waals surface area contributed by atoms with E-state index in [0.717, 1.165) is 0 Å². The van der Waals surface area contributed by atoms with Crippen molar-refractivity contribution >= 4 is 5.78 Å². The summed E-state index contributed by atoms with van der Waals surface area (Å²) in [4.78, 5) is 37.3. The lowest BCUT2D eigenvalue weighted by molar-refractivity contribution is -0.145. The Bertz CT molecular complexity index is 974. The van der Waals surface area contributed by atoms with E-state index in [-0.39, 0.29) is 0 Å². The molecule has 2 aromatic rings. The number of H-pyrrole nitrogens is 1. The second-order valence-corrected chi connectivity index (χ2v) is 6.62. The van der Waals surface area contributed by atoms with Gasteiger partial charge in [-0.3, -0.25) is 19.1 Å². The molecule has 1 saturated heterocycles. The average Bonchev–Trinajstić information content (AvgIpc) is 2.98. The topological polar surface area (TPSA) is 142 Å². The highest BCUT2D eigenvalue weighted by molar-refractivity contribution is 5.89. The van der Waals surface area contributed by atoms with Gasteiger partial charge in [0.1, 0.15) is 24.4 Å². The van der Waals surface area contributed by atoms with E-state index in [4.69, 9.17) is 4.74 Å². The van der Waals surface area contributed by atoms with Crippen LogP contribution >= 0.6 is 0 Å². The van der Waals surface area contributed by atoms with Crippen molar-refractivity contribution in [2.45, 2.75) is 43.5 Å². The molecule has 1 aliphatic heterocycles. The lowest BCUT2D eigenvalue weighted by Gasteiger charge is -2.22. The molecule has 1 aliphatic rings. The minimum Gasteiger partial charge on any atom is -0.387 e. The Balaban J connectivity index is 1.84. The van der Waals surface area contributed by atoms with Crippen molar-refractivity contribution in [3.63, 3.8) is 0 Å². The minimum absolute atomic E-state index is 0.512. The number of benzene rings is 1. The van der Waals surface area contributed by atoms with Gasteiger partial charge in [0.15, 0.2) is 12.0 Å². The number of nitrogens with zero attached hydrogens (tertiary/aromatic N) is 1. The Morgan fingerprint density at radius 1 is 1.21 bits per heavy atom. The van der Waals surface area contributed by atoms with Crippen molar-refractivity contribution in [2.24, 2.45) is 0 Å². The third kappa shape index (κ3) is 3.54. The molecule has 150 valence electrons. The van der Waals surface area contributed by atoms with Gasteiger partial charge in [-0.2, -0.15) is 4.39 Å². The van der Waals surface area contributed by atoms with Gasteiger partial charge in [-0.25, -0.2) is 4.79 Å². The number of aliphatic hydroxyl groups is 3. The van der Waals surface area contributed by atoms with Crippen LogP contribution < -0.4 is 11.2 Å². The Kier molecular flexibility index (Phi) is 5.57. The van der Waals surface area contributed by atoms with Crippen molar-refractivity contribution in [2.75, 3.05) is 0 Å². The second kappa shape index (κ2) is 7.76. The van der Waals surface area contributed by atoms with Crippen molar-refractivity contribution in [3.05, 3.63) is 68.7 Å². The SMILES string of the molecule is CC(c1ccccc1)C(O)C(=O)[C@H]1O[C@@H](n2cc(F)c(=O)[nH]c2=O)[C@H](O)[C@@H]1O. The van der Waals surface area contributed by atoms with Crippen molar-refractivity contribution in [1.82, 2.24) is 9.55 Å². The van der Waals surface area contributed by atoms with Crippen LogP contribution in [0.5, 0.6) is 0 Å². The molecule has 0 saturated carbocycles. The molecular weight excluding hydrogens is 375 g/mol. The van der Waals surface area contributed by atoms with E-state index in [1.54, 1.807) is 42.2 Å². The number of carbonyl (C=O) groups is 1. The number of hydrogen-bond acceptors (Lipinski definition) is 7. The first kappa shape index (κ1) is 20.1. The van der Waals surface area contributed by atoms with E-state index in [1.807, 2.05) is 0 Å². The van der Waals surface area contributed by atoms with Gasteiger partial charge in [-0.15, -0.1) is 0 Å². The van der Waals surface area contributed by atoms with Gasteiger partial charge in [0, 0.05) is 5.92 Å². The summed E-state index contributed by atoms with van der Waals surface area (Å²) >= 11 is 0. The van der Waals surface area contributed by atoms with Crippen LogP contribution in [0, 0.1) is 5.82 Å².